The second-order valence-corrected chi connectivity index (χ2v) is 14.8. The predicted molar refractivity (Wildman–Crippen MR) is 157 cm³/mol. The molecule has 0 aromatic rings. The zero-order chi connectivity index (χ0) is 30.9. The van der Waals surface area contributed by atoms with Crippen molar-refractivity contribution in [2.45, 2.75) is 147 Å². The second-order valence-electron chi connectivity index (χ2n) is 14.8. The maximum Gasteiger partial charge on any atom is 0.252 e. The summed E-state index contributed by atoms with van der Waals surface area (Å²) >= 11 is 0. The normalized spacial score (nSPS) is 50.6. The molecular formula is C34H52O9. The fraction of sp³-hybridized carbons (Fsp3) is 0.853. The molecule has 3 N–H and O–H groups in total. The molecule has 6 aliphatic rings. The molecule has 4 fully saturated rings. The van der Waals surface area contributed by atoms with Crippen LogP contribution in [0.25, 0.3) is 0 Å². The molecule has 0 amide bonds. The first kappa shape index (κ1) is 31.6. The summed E-state index contributed by atoms with van der Waals surface area (Å²) in [6, 6.07) is 0. The molecule has 2 aliphatic heterocycles. The third-order valence-corrected chi connectivity index (χ3v) is 12.7. The van der Waals surface area contributed by atoms with Crippen LogP contribution < -0.4 is 0 Å². The number of methoxy groups -OCH3 is 1. The number of carbonyl (C=O) groups excluding carboxylic acids is 1. The number of allylic oxidation sites excluding steroid dienone is 1. The molecule has 9 nitrogen and oxygen atoms in total. The van der Waals surface area contributed by atoms with Gasteiger partial charge in [0.15, 0.2) is 12.0 Å². The molecule has 14 atom stereocenters. The van der Waals surface area contributed by atoms with E-state index >= 15 is 0 Å². The van der Waals surface area contributed by atoms with E-state index in [0.29, 0.717) is 29.9 Å². The van der Waals surface area contributed by atoms with Crippen LogP contribution in [0.2, 0.25) is 0 Å². The monoisotopic (exact) mass is 604 g/mol. The van der Waals surface area contributed by atoms with Gasteiger partial charge in [0.2, 0.25) is 6.29 Å². The lowest BCUT2D eigenvalue weighted by Gasteiger charge is -2.59. The van der Waals surface area contributed by atoms with Crippen molar-refractivity contribution in [3.8, 4) is 0 Å². The molecule has 242 valence electrons. The van der Waals surface area contributed by atoms with Gasteiger partial charge in [-0.05, 0) is 101 Å². The third kappa shape index (κ3) is 5.15. The Bertz CT molecular complexity index is 1120. The van der Waals surface area contributed by atoms with E-state index < -0.39 is 42.6 Å². The summed E-state index contributed by atoms with van der Waals surface area (Å²) in [6.07, 6.45) is 6.94. The van der Waals surface area contributed by atoms with E-state index in [2.05, 4.69) is 19.9 Å². The summed E-state index contributed by atoms with van der Waals surface area (Å²) in [5, 5.41) is 32.7. The van der Waals surface area contributed by atoms with Crippen LogP contribution in [0, 0.1) is 28.6 Å². The van der Waals surface area contributed by atoms with Crippen molar-refractivity contribution < 1.29 is 43.8 Å². The molecule has 0 bridgehead atoms. The lowest BCUT2D eigenvalue weighted by atomic mass is 9.46. The highest BCUT2D eigenvalue weighted by Crippen LogP contribution is 2.68. The molecule has 1 saturated heterocycles. The average molecular weight is 605 g/mol. The molecule has 2 heterocycles. The zero-order valence-electron chi connectivity index (χ0n) is 26.7. The maximum absolute atomic E-state index is 12.8. The summed E-state index contributed by atoms with van der Waals surface area (Å²) < 4.78 is 29.5. The van der Waals surface area contributed by atoms with Crippen molar-refractivity contribution in [2.24, 2.45) is 28.6 Å². The number of aliphatic hydroxyl groups excluding tert-OH is 2. The SMILES string of the molecule is COC1=C[C@H](C)O[C@H](O[C@H]2CC[C@@]3(C)C(=CC[C@@H]4[C@@H]3CC[C@@]3(C)[C@H]4CC[C@]3(O)[C@H](C)O[C@H]3C[C@@H](O)[C@H](O)[C@@H](C)O3)C2)C1=O. The molecular weight excluding hydrogens is 552 g/mol. The molecule has 0 spiro atoms. The smallest absolute Gasteiger partial charge is 0.252 e. The topological polar surface area (TPSA) is 124 Å². The minimum Gasteiger partial charge on any atom is -0.493 e. The first-order valence-corrected chi connectivity index (χ1v) is 16.5. The fourth-order valence-corrected chi connectivity index (χ4v) is 10.1. The average Bonchev–Trinajstić information content (AvgIpc) is 3.25. The maximum atomic E-state index is 12.8. The summed E-state index contributed by atoms with van der Waals surface area (Å²) in [5.74, 6) is 1.48. The van der Waals surface area contributed by atoms with E-state index in [0.717, 1.165) is 44.9 Å². The summed E-state index contributed by atoms with van der Waals surface area (Å²) in [7, 11) is 1.51. The van der Waals surface area contributed by atoms with E-state index in [1.54, 1.807) is 13.0 Å². The number of fused-ring (bicyclic) bond motifs is 5. The van der Waals surface area contributed by atoms with Crippen LogP contribution in [0.4, 0.5) is 0 Å². The first-order chi connectivity index (χ1) is 20.3. The number of Topliss-reactive ketones (excluding diaryl/α,β-unsaturated/α-hetero) is 1. The van der Waals surface area contributed by atoms with Crippen LogP contribution in [0.1, 0.15) is 92.4 Å². The van der Waals surface area contributed by atoms with Crippen LogP contribution >= 0.6 is 0 Å². The first-order valence-electron chi connectivity index (χ1n) is 16.5. The van der Waals surface area contributed by atoms with Gasteiger partial charge in [-0.25, -0.2) is 0 Å². The molecule has 0 radical (unpaired) electrons. The van der Waals surface area contributed by atoms with E-state index in [1.165, 1.54) is 12.7 Å². The van der Waals surface area contributed by atoms with Crippen LogP contribution in [0.15, 0.2) is 23.5 Å². The Morgan fingerprint density at radius 2 is 1.79 bits per heavy atom. The fourth-order valence-electron chi connectivity index (χ4n) is 10.1. The van der Waals surface area contributed by atoms with Crippen LogP contribution in [0.3, 0.4) is 0 Å². The van der Waals surface area contributed by atoms with Crippen molar-refractivity contribution in [3.05, 3.63) is 23.5 Å². The van der Waals surface area contributed by atoms with Crippen molar-refractivity contribution in [2.75, 3.05) is 7.11 Å². The van der Waals surface area contributed by atoms with Crippen LogP contribution in [-0.4, -0.2) is 83.0 Å². The number of ether oxygens (including phenoxy) is 5. The zero-order valence-corrected chi connectivity index (χ0v) is 26.7. The lowest BCUT2D eigenvalue weighted by Crippen LogP contribution is -2.59. The van der Waals surface area contributed by atoms with E-state index in [9.17, 15) is 20.1 Å². The number of hydrogen-bond donors (Lipinski definition) is 3. The van der Waals surface area contributed by atoms with Crippen molar-refractivity contribution in [3.63, 3.8) is 0 Å². The highest BCUT2D eigenvalue weighted by molar-refractivity contribution is 5.96. The minimum atomic E-state index is -0.994. The third-order valence-electron chi connectivity index (χ3n) is 12.7. The molecule has 3 saturated carbocycles. The number of rotatable bonds is 6. The Labute approximate surface area is 255 Å². The molecule has 9 heteroatoms. The number of ketones is 1. The Kier molecular flexibility index (Phi) is 8.45. The largest absolute Gasteiger partial charge is 0.493 e. The van der Waals surface area contributed by atoms with Gasteiger partial charge in [0, 0.05) is 11.8 Å². The highest BCUT2D eigenvalue weighted by atomic mass is 16.7. The lowest BCUT2D eigenvalue weighted by molar-refractivity contribution is -0.288. The van der Waals surface area contributed by atoms with Gasteiger partial charge in [0.05, 0.1) is 43.2 Å². The Morgan fingerprint density at radius 1 is 1.05 bits per heavy atom. The highest BCUT2D eigenvalue weighted by Gasteiger charge is 2.65. The van der Waals surface area contributed by atoms with E-state index in [1.807, 2.05) is 13.8 Å². The van der Waals surface area contributed by atoms with Crippen molar-refractivity contribution in [1.82, 2.24) is 0 Å². The van der Waals surface area contributed by atoms with Gasteiger partial charge >= 0.3 is 0 Å². The molecule has 0 aromatic carbocycles. The van der Waals surface area contributed by atoms with Gasteiger partial charge in [-0.2, -0.15) is 0 Å². The van der Waals surface area contributed by atoms with Gasteiger partial charge in [-0.15, -0.1) is 0 Å². The van der Waals surface area contributed by atoms with Gasteiger partial charge < -0.3 is 39.0 Å². The predicted octanol–water partition coefficient (Wildman–Crippen LogP) is 4.17. The van der Waals surface area contributed by atoms with Crippen molar-refractivity contribution >= 4 is 5.78 Å². The van der Waals surface area contributed by atoms with Crippen LogP contribution in [-0.2, 0) is 28.5 Å². The van der Waals surface area contributed by atoms with Gasteiger partial charge in [-0.1, -0.05) is 25.5 Å². The summed E-state index contributed by atoms with van der Waals surface area (Å²) in [6.45, 7) is 10.3. The molecule has 4 aliphatic carbocycles. The Balaban J connectivity index is 1.14. The summed E-state index contributed by atoms with van der Waals surface area (Å²) in [4.78, 5) is 12.8. The molecule has 6 rings (SSSR count). The Morgan fingerprint density at radius 3 is 2.51 bits per heavy atom. The molecule has 0 aromatic heterocycles. The summed E-state index contributed by atoms with van der Waals surface area (Å²) in [5.41, 5.74) is 0.252. The number of aliphatic hydroxyl groups is 3. The standard InChI is InChI=1S/C34H52O9/c1-18-15-27(39-6)30(37)31(40-18)43-22-9-12-32(4)21(16-22)7-8-23-24(32)10-13-33(5)25(23)11-14-34(33,38)20(3)42-28-17-26(35)29(36)19(2)41-28/h7,15,18-20,22-26,28-29,31,35-36,38H,8-14,16-17H2,1-6H3/t18-,19+,20-,22-,23+,24-,25-,26+,28-,29+,31+,32-,33-,34-/m0/s1. The van der Waals surface area contributed by atoms with Crippen LogP contribution in [0.5, 0.6) is 0 Å². The number of hydrogen-bond acceptors (Lipinski definition) is 9. The molecule has 0 unspecified atom stereocenters. The van der Waals surface area contributed by atoms with Gasteiger partial charge in [0.1, 0.15) is 6.10 Å². The molecule has 43 heavy (non-hydrogen) atoms. The van der Waals surface area contributed by atoms with E-state index in [-0.39, 0.29) is 35.2 Å². The minimum absolute atomic E-state index is 0.0685. The Hall–Kier alpha value is -1.33. The van der Waals surface area contributed by atoms with Gasteiger partial charge in [-0.3, -0.25) is 4.79 Å². The number of carbonyl (C=O) groups is 1. The quantitative estimate of drug-likeness (QED) is 0.383. The van der Waals surface area contributed by atoms with Gasteiger partial charge in [0.25, 0.3) is 5.78 Å². The van der Waals surface area contributed by atoms with Crippen molar-refractivity contribution in [1.29, 1.82) is 0 Å². The second kappa shape index (κ2) is 11.5. The van der Waals surface area contributed by atoms with E-state index in [4.69, 9.17) is 23.7 Å².